The lowest BCUT2D eigenvalue weighted by Crippen LogP contribution is -2.45. The van der Waals surface area contributed by atoms with E-state index >= 15 is 0 Å². The third-order valence-electron chi connectivity index (χ3n) is 4.47. The first-order valence-corrected chi connectivity index (χ1v) is 8.43. The molecule has 23 heavy (non-hydrogen) atoms. The van der Waals surface area contributed by atoms with Crippen LogP contribution in [0.25, 0.3) is 10.9 Å². The molecule has 1 aliphatic heterocycles. The van der Waals surface area contributed by atoms with Crippen molar-refractivity contribution < 1.29 is 9.90 Å². The second-order valence-corrected chi connectivity index (χ2v) is 6.39. The minimum Gasteiger partial charge on any atom is -0.390 e. The summed E-state index contributed by atoms with van der Waals surface area (Å²) < 4.78 is 2.04. The van der Waals surface area contributed by atoms with Crippen molar-refractivity contribution in [3.8, 4) is 0 Å². The van der Waals surface area contributed by atoms with Gasteiger partial charge in [-0.3, -0.25) is 4.79 Å². The molecule has 0 saturated carbocycles. The number of aliphatic hydroxyl groups excluding tert-OH is 1. The van der Waals surface area contributed by atoms with Crippen molar-refractivity contribution in [3.05, 3.63) is 29.8 Å². The highest BCUT2D eigenvalue weighted by Gasteiger charge is 2.25. The maximum Gasteiger partial charge on any atom is 0.154 e. The number of rotatable bonds is 5. The maximum atomic E-state index is 11.8. The van der Waals surface area contributed by atoms with E-state index in [4.69, 9.17) is 11.6 Å². The Morgan fingerprint density at radius 1 is 1.26 bits per heavy atom. The molecule has 1 aliphatic rings. The first-order chi connectivity index (χ1) is 11.2. The quantitative estimate of drug-likeness (QED) is 0.668. The molecule has 124 valence electrons. The van der Waals surface area contributed by atoms with Gasteiger partial charge in [-0.2, -0.15) is 0 Å². The van der Waals surface area contributed by atoms with Crippen molar-refractivity contribution in [2.45, 2.75) is 12.6 Å². The van der Waals surface area contributed by atoms with Crippen LogP contribution in [-0.4, -0.2) is 66.1 Å². The fraction of sp³-hybridized carbons (Fsp3) is 0.471. The van der Waals surface area contributed by atoms with Crippen molar-refractivity contribution >= 4 is 34.6 Å². The lowest BCUT2D eigenvalue weighted by molar-refractivity contribution is 0.112. The molecule has 0 radical (unpaired) electrons. The largest absolute Gasteiger partial charge is 0.390 e. The number of piperazine rings is 1. The van der Waals surface area contributed by atoms with Gasteiger partial charge in [-0.05, 0) is 13.1 Å². The zero-order valence-electron chi connectivity index (χ0n) is 13.3. The second-order valence-electron chi connectivity index (χ2n) is 6.08. The second kappa shape index (κ2) is 6.91. The smallest absolute Gasteiger partial charge is 0.154 e. The molecule has 0 bridgehead atoms. The zero-order valence-corrected chi connectivity index (χ0v) is 14.0. The first kappa shape index (κ1) is 16.3. The summed E-state index contributed by atoms with van der Waals surface area (Å²) in [6.07, 6.45) is 0.290. The highest BCUT2D eigenvalue weighted by molar-refractivity contribution is 6.18. The molecule has 1 aromatic heterocycles. The number of para-hydroxylation sites is 1. The van der Waals surface area contributed by atoms with Gasteiger partial charge in [0.25, 0.3) is 0 Å². The molecule has 6 heteroatoms. The van der Waals surface area contributed by atoms with Gasteiger partial charge in [-0.25, -0.2) is 0 Å². The number of alkyl halides is 1. The standard InChI is InChI=1S/C17H22ClN3O2/c1-19-6-8-20(9-7-19)17-15(12-22)14-4-2-3-5-16(14)21(17)11-13(23)10-18/h2-5,12-13,23H,6-11H2,1H3. The van der Waals surface area contributed by atoms with Crippen LogP contribution in [-0.2, 0) is 6.54 Å². The van der Waals surface area contributed by atoms with E-state index in [2.05, 4.69) is 16.8 Å². The van der Waals surface area contributed by atoms with Crippen molar-refractivity contribution in [2.75, 3.05) is 44.0 Å². The molecule has 1 atom stereocenters. The summed E-state index contributed by atoms with van der Waals surface area (Å²) in [5.41, 5.74) is 1.67. The van der Waals surface area contributed by atoms with Crippen LogP contribution in [0.1, 0.15) is 10.4 Å². The lowest BCUT2D eigenvalue weighted by Gasteiger charge is -2.35. The van der Waals surface area contributed by atoms with Crippen LogP contribution in [0.4, 0.5) is 5.82 Å². The Balaban J connectivity index is 2.12. The molecular weight excluding hydrogens is 314 g/mol. The number of carbonyl (C=O) groups is 1. The average Bonchev–Trinajstić information content (AvgIpc) is 2.89. The average molecular weight is 336 g/mol. The van der Waals surface area contributed by atoms with Gasteiger partial charge >= 0.3 is 0 Å². The van der Waals surface area contributed by atoms with Gasteiger partial charge in [0.2, 0.25) is 0 Å². The Hall–Kier alpha value is -1.56. The number of likely N-dealkylation sites (N-methyl/N-ethyl adjacent to an activating group) is 1. The van der Waals surface area contributed by atoms with Crippen LogP contribution in [0, 0.1) is 0 Å². The predicted octanol–water partition coefficient (Wildman–Crippen LogP) is 1.81. The van der Waals surface area contributed by atoms with Crippen LogP contribution in [0.3, 0.4) is 0 Å². The number of anilines is 1. The number of nitrogens with zero attached hydrogens (tertiary/aromatic N) is 3. The monoisotopic (exact) mass is 335 g/mol. The predicted molar refractivity (Wildman–Crippen MR) is 93.8 cm³/mol. The van der Waals surface area contributed by atoms with Gasteiger partial charge in [-0.1, -0.05) is 18.2 Å². The van der Waals surface area contributed by atoms with E-state index in [1.807, 2.05) is 28.8 Å². The molecule has 0 spiro atoms. The molecule has 1 saturated heterocycles. The SMILES string of the molecule is CN1CCN(c2c(C=O)c3ccccc3n2CC(O)CCl)CC1. The Bertz CT molecular complexity index is 692. The molecule has 1 N–H and O–H groups in total. The third kappa shape index (κ3) is 3.09. The summed E-state index contributed by atoms with van der Waals surface area (Å²) in [7, 11) is 2.10. The molecule has 1 aromatic carbocycles. The lowest BCUT2D eigenvalue weighted by atomic mass is 10.1. The minimum absolute atomic E-state index is 0.172. The number of aldehydes is 1. The molecule has 0 aliphatic carbocycles. The Morgan fingerprint density at radius 3 is 2.61 bits per heavy atom. The van der Waals surface area contributed by atoms with E-state index in [1.165, 1.54) is 0 Å². The summed E-state index contributed by atoms with van der Waals surface area (Å²) >= 11 is 5.80. The van der Waals surface area contributed by atoms with Crippen LogP contribution in [0.2, 0.25) is 0 Å². The van der Waals surface area contributed by atoms with Gasteiger partial charge in [-0.15, -0.1) is 11.6 Å². The van der Waals surface area contributed by atoms with Crippen LogP contribution < -0.4 is 4.90 Å². The Kier molecular flexibility index (Phi) is 4.90. The van der Waals surface area contributed by atoms with Crippen molar-refractivity contribution in [3.63, 3.8) is 0 Å². The molecule has 2 aromatic rings. The number of benzene rings is 1. The van der Waals surface area contributed by atoms with E-state index < -0.39 is 6.10 Å². The van der Waals surface area contributed by atoms with Gasteiger partial charge < -0.3 is 19.5 Å². The topological polar surface area (TPSA) is 48.7 Å². The van der Waals surface area contributed by atoms with Gasteiger partial charge in [0.15, 0.2) is 6.29 Å². The summed E-state index contributed by atoms with van der Waals surface area (Å²) in [5.74, 6) is 1.07. The van der Waals surface area contributed by atoms with Gasteiger partial charge in [0.1, 0.15) is 5.82 Å². The normalized spacial score (nSPS) is 17.6. The fourth-order valence-electron chi connectivity index (χ4n) is 3.24. The summed E-state index contributed by atoms with van der Waals surface area (Å²) in [4.78, 5) is 16.3. The Labute approximate surface area is 141 Å². The number of halogens is 1. The molecular formula is C17H22ClN3O2. The van der Waals surface area contributed by atoms with Crippen LogP contribution in [0.5, 0.6) is 0 Å². The number of hydrogen-bond acceptors (Lipinski definition) is 4. The van der Waals surface area contributed by atoms with E-state index in [0.29, 0.717) is 12.1 Å². The van der Waals surface area contributed by atoms with Crippen molar-refractivity contribution in [2.24, 2.45) is 0 Å². The molecule has 2 heterocycles. The van der Waals surface area contributed by atoms with Gasteiger partial charge in [0, 0.05) is 31.6 Å². The van der Waals surface area contributed by atoms with Crippen LogP contribution in [0.15, 0.2) is 24.3 Å². The fourth-order valence-corrected chi connectivity index (χ4v) is 3.33. The van der Waals surface area contributed by atoms with E-state index in [-0.39, 0.29) is 5.88 Å². The number of aromatic nitrogens is 1. The maximum absolute atomic E-state index is 11.8. The molecule has 0 amide bonds. The van der Waals surface area contributed by atoms with E-state index in [1.54, 1.807) is 0 Å². The van der Waals surface area contributed by atoms with Crippen molar-refractivity contribution in [1.82, 2.24) is 9.47 Å². The van der Waals surface area contributed by atoms with Gasteiger partial charge in [0.05, 0.1) is 29.6 Å². The molecule has 1 fully saturated rings. The zero-order chi connectivity index (χ0) is 16.4. The number of hydrogen-bond donors (Lipinski definition) is 1. The number of fused-ring (bicyclic) bond motifs is 1. The molecule has 5 nitrogen and oxygen atoms in total. The third-order valence-corrected chi connectivity index (χ3v) is 4.83. The minimum atomic E-state index is -0.641. The highest BCUT2D eigenvalue weighted by atomic mass is 35.5. The molecule has 3 rings (SSSR count). The summed E-state index contributed by atoms with van der Waals surface area (Å²) in [6.45, 7) is 4.03. The van der Waals surface area contributed by atoms with E-state index in [9.17, 15) is 9.90 Å². The Morgan fingerprint density at radius 2 is 1.96 bits per heavy atom. The van der Waals surface area contributed by atoms with Crippen LogP contribution >= 0.6 is 11.6 Å². The number of aliphatic hydroxyl groups is 1. The highest BCUT2D eigenvalue weighted by Crippen LogP contribution is 2.32. The number of carbonyl (C=O) groups excluding carboxylic acids is 1. The molecule has 1 unspecified atom stereocenters. The van der Waals surface area contributed by atoms with Crippen molar-refractivity contribution in [1.29, 1.82) is 0 Å². The summed E-state index contributed by atoms with van der Waals surface area (Å²) in [5, 5.41) is 11.0. The summed E-state index contributed by atoms with van der Waals surface area (Å²) in [6, 6.07) is 7.84. The van der Waals surface area contributed by atoms with E-state index in [0.717, 1.165) is 49.2 Å². The first-order valence-electron chi connectivity index (χ1n) is 7.89.